The van der Waals surface area contributed by atoms with Gasteiger partial charge in [-0.1, -0.05) is 12.1 Å². The van der Waals surface area contributed by atoms with Gasteiger partial charge in [-0.05, 0) is 36.8 Å². The van der Waals surface area contributed by atoms with Crippen LogP contribution in [0.2, 0.25) is 0 Å². The van der Waals surface area contributed by atoms with Crippen LogP contribution in [0, 0.1) is 6.92 Å². The number of hydrogen-bond acceptors (Lipinski definition) is 3. The third-order valence-corrected chi connectivity index (χ3v) is 3.16. The van der Waals surface area contributed by atoms with E-state index in [1.54, 1.807) is 19.2 Å². The molecule has 0 aliphatic carbocycles. The largest absolute Gasteiger partial charge is 0.507 e. The number of benzene rings is 2. The van der Waals surface area contributed by atoms with Crippen LogP contribution in [0.4, 0.5) is 0 Å². The fourth-order valence-corrected chi connectivity index (χ4v) is 2.16. The quantitative estimate of drug-likeness (QED) is 0.738. The van der Waals surface area contributed by atoms with Crippen molar-refractivity contribution in [1.29, 1.82) is 0 Å². The van der Waals surface area contributed by atoms with Crippen LogP contribution in [0.25, 0.3) is 22.4 Å². The van der Waals surface area contributed by atoms with E-state index in [2.05, 4.69) is 9.97 Å². The lowest BCUT2D eigenvalue weighted by Crippen LogP contribution is -1.90. The van der Waals surface area contributed by atoms with E-state index in [0.717, 1.165) is 22.3 Å². The summed E-state index contributed by atoms with van der Waals surface area (Å²) >= 11 is 0. The predicted molar refractivity (Wildman–Crippen MR) is 74.5 cm³/mol. The zero-order valence-corrected chi connectivity index (χ0v) is 10.8. The first-order valence-electron chi connectivity index (χ1n) is 6.02. The van der Waals surface area contributed by atoms with Crippen LogP contribution < -0.4 is 4.74 Å². The van der Waals surface area contributed by atoms with Crippen molar-refractivity contribution in [3.63, 3.8) is 0 Å². The molecule has 2 aromatic carbocycles. The van der Waals surface area contributed by atoms with Crippen molar-refractivity contribution in [2.75, 3.05) is 7.11 Å². The monoisotopic (exact) mass is 254 g/mol. The van der Waals surface area contributed by atoms with Crippen LogP contribution in [0.3, 0.4) is 0 Å². The standard InChI is InChI=1S/C15H14N2O2/c1-9-7-13(18)10(8-14(9)19-2)15-16-11-5-3-4-6-12(11)17-15/h3-8,18H,1-2H3,(H,16,17). The van der Waals surface area contributed by atoms with E-state index < -0.39 is 0 Å². The summed E-state index contributed by atoms with van der Waals surface area (Å²) in [6, 6.07) is 11.2. The number of nitrogens with zero attached hydrogens (tertiary/aromatic N) is 1. The molecule has 0 saturated carbocycles. The van der Waals surface area contributed by atoms with Crippen LogP contribution in [0.15, 0.2) is 36.4 Å². The second-order valence-corrected chi connectivity index (χ2v) is 4.44. The van der Waals surface area contributed by atoms with Crippen LogP contribution in [-0.2, 0) is 0 Å². The lowest BCUT2D eigenvalue weighted by Gasteiger charge is -2.08. The Balaban J connectivity index is 2.20. The first kappa shape index (κ1) is 11.6. The average Bonchev–Trinajstić information content (AvgIpc) is 2.82. The molecule has 0 bridgehead atoms. The zero-order valence-electron chi connectivity index (χ0n) is 10.8. The summed E-state index contributed by atoms with van der Waals surface area (Å²) in [5.74, 6) is 1.56. The lowest BCUT2D eigenvalue weighted by atomic mass is 10.1. The first-order chi connectivity index (χ1) is 9.19. The number of aromatic hydroxyl groups is 1. The van der Waals surface area contributed by atoms with Gasteiger partial charge in [0.1, 0.15) is 17.3 Å². The number of ether oxygens (including phenoxy) is 1. The normalized spacial score (nSPS) is 10.8. The van der Waals surface area contributed by atoms with Crippen molar-refractivity contribution in [3.8, 4) is 22.9 Å². The van der Waals surface area contributed by atoms with E-state index in [1.165, 1.54) is 0 Å². The number of fused-ring (bicyclic) bond motifs is 1. The molecule has 4 heteroatoms. The molecule has 0 amide bonds. The Kier molecular flexibility index (Phi) is 2.63. The van der Waals surface area contributed by atoms with Gasteiger partial charge in [0.2, 0.25) is 0 Å². The van der Waals surface area contributed by atoms with Gasteiger partial charge in [-0.25, -0.2) is 4.98 Å². The highest BCUT2D eigenvalue weighted by molar-refractivity contribution is 5.81. The van der Waals surface area contributed by atoms with E-state index in [1.807, 2.05) is 31.2 Å². The molecular formula is C15H14N2O2. The van der Waals surface area contributed by atoms with Crippen molar-refractivity contribution in [1.82, 2.24) is 9.97 Å². The number of phenols is 1. The Bertz CT molecular complexity index is 714. The molecule has 96 valence electrons. The molecule has 3 aromatic rings. The number of phenolic OH excluding ortho intramolecular Hbond substituents is 1. The number of nitrogens with one attached hydrogen (secondary N) is 1. The molecule has 19 heavy (non-hydrogen) atoms. The molecule has 3 rings (SSSR count). The molecule has 0 aliphatic heterocycles. The molecule has 4 nitrogen and oxygen atoms in total. The SMILES string of the molecule is COc1cc(-c2nc3ccccc3[nH]2)c(O)cc1C. The number of rotatable bonds is 2. The molecule has 0 atom stereocenters. The summed E-state index contributed by atoms with van der Waals surface area (Å²) in [7, 11) is 1.61. The Hall–Kier alpha value is -2.49. The summed E-state index contributed by atoms with van der Waals surface area (Å²) in [4.78, 5) is 7.67. The number of para-hydroxylation sites is 2. The van der Waals surface area contributed by atoms with Crippen molar-refractivity contribution in [3.05, 3.63) is 42.0 Å². The zero-order chi connectivity index (χ0) is 13.4. The molecule has 1 aromatic heterocycles. The Morgan fingerprint density at radius 1 is 1.21 bits per heavy atom. The molecule has 0 aliphatic rings. The second kappa shape index (κ2) is 4.31. The molecule has 1 heterocycles. The third-order valence-electron chi connectivity index (χ3n) is 3.16. The fourth-order valence-electron chi connectivity index (χ4n) is 2.16. The Morgan fingerprint density at radius 3 is 2.74 bits per heavy atom. The molecule has 0 fully saturated rings. The van der Waals surface area contributed by atoms with E-state index in [9.17, 15) is 5.11 Å². The van der Waals surface area contributed by atoms with Gasteiger partial charge in [-0.3, -0.25) is 0 Å². The molecule has 0 saturated heterocycles. The minimum atomic E-state index is 0.192. The highest BCUT2D eigenvalue weighted by Gasteiger charge is 2.12. The number of imidazole rings is 1. The van der Waals surface area contributed by atoms with E-state index in [4.69, 9.17) is 4.74 Å². The van der Waals surface area contributed by atoms with Gasteiger partial charge in [0, 0.05) is 0 Å². The van der Waals surface area contributed by atoms with E-state index in [-0.39, 0.29) is 5.75 Å². The predicted octanol–water partition coefficient (Wildman–Crippen LogP) is 3.25. The summed E-state index contributed by atoms with van der Waals surface area (Å²) in [6.45, 7) is 1.89. The fraction of sp³-hybridized carbons (Fsp3) is 0.133. The molecule has 2 N–H and O–H groups in total. The Morgan fingerprint density at radius 2 is 2.00 bits per heavy atom. The molecule has 0 radical (unpaired) electrons. The summed E-state index contributed by atoms with van der Waals surface area (Å²) in [6.07, 6.45) is 0. The maximum absolute atomic E-state index is 10.1. The first-order valence-corrected chi connectivity index (χ1v) is 6.02. The van der Waals surface area contributed by atoms with Gasteiger partial charge in [0.15, 0.2) is 0 Å². The van der Waals surface area contributed by atoms with Gasteiger partial charge >= 0.3 is 0 Å². The van der Waals surface area contributed by atoms with Gasteiger partial charge in [-0.2, -0.15) is 0 Å². The number of hydrogen-bond donors (Lipinski definition) is 2. The van der Waals surface area contributed by atoms with E-state index in [0.29, 0.717) is 11.4 Å². The topological polar surface area (TPSA) is 58.1 Å². The molecule has 0 unspecified atom stereocenters. The van der Waals surface area contributed by atoms with Crippen molar-refractivity contribution in [2.24, 2.45) is 0 Å². The van der Waals surface area contributed by atoms with E-state index >= 15 is 0 Å². The average molecular weight is 254 g/mol. The summed E-state index contributed by atoms with van der Waals surface area (Å²) in [5, 5.41) is 10.1. The molecular weight excluding hydrogens is 240 g/mol. The van der Waals surface area contributed by atoms with Crippen LogP contribution in [0.1, 0.15) is 5.56 Å². The van der Waals surface area contributed by atoms with Gasteiger partial charge in [0.25, 0.3) is 0 Å². The van der Waals surface area contributed by atoms with Crippen molar-refractivity contribution in [2.45, 2.75) is 6.92 Å². The van der Waals surface area contributed by atoms with Gasteiger partial charge in [0.05, 0.1) is 23.7 Å². The van der Waals surface area contributed by atoms with Crippen molar-refractivity contribution >= 4 is 11.0 Å². The second-order valence-electron chi connectivity index (χ2n) is 4.44. The number of aryl methyl sites for hydroxylation is 1. The lowest BCUT2D eigenvalue weighted by molar-refractivity contribution is 0.409. The minimum Gasteiger partial charge on any atom is -0.507 e. The third kappa shape index (κ3) is 1.91. The number of aromatic nitrogens is 2. The molecule has 0 spiro atoms. The van der Waals surface area contributed by atoms with Gasteiger partial charge in [-0.15, -0.1) is 0 Å². The summed E-state index contributed by atoms with van der Waals surface area (Å²) in [5.41, 5.74) is 3.34. The summed E-state index contributed by atoms with van der Waals surface area (Å²) < 4.78 is 5.28. The van der Waals surface area contributed by atoms with Crippen LogP contribution >= 0.6 is 0 Å². The highest BCUT2D eigenvalue weighted by atomic mass is 16.5. The smallest absolute Gasteiger partial charge is 0.142 e. The Labute approximate surface area is 110 Å². The maximum Gasteiger partial charge on any atom is 0.142 e. The van der Waals surface area contributed by atoms with Crippen LogP contribution in [-0.4, -0.2) is 22.2 Å². The number of methoxy groups -OCH3 is 1. The minimum absolute atomic E-state index is 0.192. The number of aromatic amines is 1. The maximum atomic E-state index is 10.1. The number of H-pyrrole nitrogens is 1. The van der Waals surface area contributed by atoms with Gasteiger partial charge < -0.3 is 14.8 Å². The highest BCUT2D eigenvalue weighted by Crippen LogP contribution is 2.34. The van der Waals surface area contributed by atoms with Crippen molar-refractivity contribution < 1.29 is 9.84 Å². The van der Waals surface area contributed by atoms with Crippen LogP contribution in [0.5, 0.6) is 11.5 Å².